The van der Waals surface area contributed by atoms with Gasteiger partial charge in [0.05, 0.1) is 11.3 Å². The maximum Gasteiger partial charge on any atom is 0.140 e. The molecule has 0 unspecified atom stereocenters. The Hall–Kier alpha value is -3.72. The number of fused-ring (bicyclic) bond motifs is 4. The van der Waals surface area contributed by atoms with Crippen LogP contribution in [0.15, 0.2) is 109 Å². The van der Waals surface area contributed by atoms with Crippen molar-refractivity contribution in [2.75, 3.05) is 0 Å². The summed E-state index contributed by atoms with van der Waals surface area (Å²) in [4.78, 5) is 4.18. The number of rotatable bonds is 2. The minimum Gasteiger partial charge on any atom is -0.456 e. The summed E-state index contributed by atoms with van der Waals surface area (Å²) in [5.74, 6) is 3.24. The Kier molecular flexibility index (Phi) is 4.29. The Balaban J connectivity index is 1.51. The Morgan fingerprint density at radius 3 is 1.65 bits per heavy atom. The fourth-order valence-corrected chi connectivity index (χ4v) is 9.42. The molecule has 4 aromatic carbocycles. The number of hydrogen-bond donors (Lipinski definition) is 0. The third-order valence-corrected chi connectivity index (χ3v) is 11.3. The molecule has 5 aromatic rings. The van der Waals surface area contributed by atoms with Crippen LogP contribution in [0, 0.1) is 0 Å². The average molecular weight is 476 g/mol. The summed E-state index contributed by atoms with van der Waals surface area (Å²) in [5.41, 5.74) is 4.37. The first-order valence-corrected chi connectivity index (χ1v) is 13.9. The van der Waals surface area contributed by atoms with Crippen LogP contribution in [0.5, 0.6) is 23.0 Å². The standard InChI is InChI=1S/C29H18NO2PS/c34-33-27-11-5-3-9-23(27)31-25-17-20(18-26(29(25)33)32-24-10-4-6-12-28(24)33)22-8-2-1-7-21(22)19-13-15-30-16-14-19/h1-18H. The first-order valence-electron chi connectivity index (χ1n) is 11.1. The van der Waals surface area contributed by atoms with Crippen LogP contribution in [-0.2, 0) is 11.8 Å². The van der Waals surface area contributed by atoms with Crippen molar-refractivity contribution in [2.45, 2.75) is 0 Å². The topological polar surface area (TPSA) is 31.4 Å². The molecular weight excluding hydrogens is 457 g/mol. The van der Waals surface area contributed by atoms with E-state index in [1.54, 1.807) is 0 Å². The molecule has 3 nitrogen and oxygen atoms in total. The Morgan fingerprint density at radius 2 is 1.06 bits per heavy atom. The minimum absolute atomic E-state index is 0.786. The number of hydrogen-bond acceptors (Lipinski definition) is 4. The molecule has 0 N–H and O–H groups in total. The van der Waals surface area contributed by atoms with E-state index < -0.39 is 6.04 Å². The molecule has 5 heteroatoms. The van der Waals surface area contributed by atoms with Crippen LogP contribution < -0.4 is 25.4 Å². The van der Waals surface area contributed by atoms with Gasteiger partial charge in [-0.05, 0) is 70.8 Å². The summed E-state index contributed by atoms with van der Waals surface area (Å²) in [6.07, 6.45) is 3.64. The van der Waals surface area contributed by atoms with Gasteiger partial charge in [-0.2, -0.15) is 0 Å². The number of para-hydroxylation sites is 2. The third-order valence-electron chi connectivity index (χ3n) is 6.43. The van der Waals surface area contributed by atoms with E-state index in [1.165, 1.54) is 0 Å². The molecule has 1 aromatic heterocycles. The van der Waals surface area contributed by atoms with Crippen LogP contribution in [-0.4, -0.2) is 4.98 Å². The molecule has 0 saturated carbocycles. The van der Waals surface area contributed by atoms with Crippen molar-refractivity contribution in [3.63, 3.8) is 0 Å². The van der Waals surface area contributed by atoms with E-state index in [9.17, 15) is 0 Å². The molecular formula is C29H18NO2PS. The van der Waals surface area contributed by atoms with E-state index in [0.29, 0.717) is 0 Å². The van der Waals surface area contributed by atoms with E-state index in [4.69, 9.17) is 21.3 Å². The van der Waals surface area contributed by atoms with Gasteiger partial charge in [0.2, 0.25) is 0 Å². The first-order chi connectivity index (χ1) is 16.7. The summed E-state index contributed by atoms with van der Waals surface area (Å²) in [7, 11) is 0. The molecule has 162 valence electrons. The zero-order valence-electron chi connectivity index (χ0n) is 18.0. The molecule has 2 aliphatic heterocycles. The Labute approximate surface area is 202 Å². The normalized spacial score (nSPS) is 14.1. The SMILES string of the molecule is S=P12c3ccccc3Oc3cc(-c4ccccc4-c4ccncc4)cc(c31)Oc1ccccc12. The highest BCUT2D eigenvalue weighted by Gasteiger charge is 2.42. The van der Waals surface area contributed by atoms with E-state index in [1.807, 2.05) is 60.9 Å². The first kappa shape index (κ1) is 19.7. The molecule has 7 rings (SSSR count). The quantitative estimate of drug-likeness (QED) is 0.272. The van der Waals surface area contributed by atoms with Gasteiger partial charge in [0.1, 0.15) is 23.0 Å². The predicted octanol–water partition coefficient (Wildman–Crippen LogP) is 6.38. The van der Waals surface area contributed by atoms with E-state index in [-0.39, 0.29) is 0 Å². The molecule has 0 saturated heterocycles. The van der Waals surface area contributed by atoms with Crippen molar-refractivity contribution >= 4 is 33.8 Å². The monoisotopic (exact) mass is 475 g/mol. The fraction of sp³-hybridized carbons (Fsp3) is 0. The van der Waals surface area contributed by atoms with Gasteiger partial charge >= 0.3 is 0 Å². The number of nitrogens with zero attached hydrogens (tertiary/aromatic N) is 1. The van der Waals surface area contributed by atoms with Crippen LogP contribution in [0.1, 0.15) is 0 Å². The van der Waals surface area contributed by atoms with Crippen LogP contribution in [0.4, 0.5) is 0 Å². The molecule has 0 bridgehead atoms. The van der Waals surface area contributed by atoms with Crippen LogP contribution >= 0.6 is 6.04 Å². The van der Waals surface area contributed by atoms with Crippen molar-refractivity contribution in [1.29, 1.82) is 0 Å². The van der Waals surface area contributed by atoms with Gasteiger partial charge in [0.25, 0.3) is 0 Å². The molecule has 34 heavy (non-hydrogen) atoms. The van der Waals surface area contributed by atoms with E-state index >= 15 is 0 Å². The lowest BCUT2D eigenvalue weighted by Crippen LogP contribution is -2.34. The largest absolute Gasteiger partial charge is 0.456 e. The highest BCUT2D eigenvalue weighted by molar-refractivity contribution is 8.26. The number of benzene rings is 4. The third kappa shape index (κ3) is 2.76. The summed E-state index contributed by atoms with van der Waals surface area (Å²) in [6.45, 7) is 0. The Bertz CT molecular complexity index is 1570. The Morgan fingerprint density at radius 1 is 0.559 bits per heavy atom. The molecule has 0 atom stereocenters. The lowest BCUT2D eigenvalue weighted by atomic mass is 9.95. The lowest BCUT2D eigenvalue weighted by Gasteiger charge is -2.37. The number of aromatic nitrogens is 1. The van der Waals surface area contributed by atoms with Gasteiger partial charge in [-0.15, -0.1) is 0 Å². The van der Waals surface area contributed by atoms with Crippen molar-refractivity contribution in [1.82, 2.24) is 4.98 Å². The van der Waals surface area contributed by atoms with Gasteiger partial charge in [-0.25, -0.2) is 0 Å². The number of pyridine rings is 1. The molecule has 0 spiro atoms. The van der Waals surface area contributed by atoms with Crippen molar-refractivity contribution in [3.05, 3.63) is 109 Å². The van der Waals surface area contributed by atoms with Gasteiger partial charge in [-0.3, -0.25) is 4.98 Å². The van der Waals surface area contributed by atoms with Crippen LogP contribution in [0.3, 0.4) is 0 Å². The lowest BCUT2D eigenvalue weighted by molar-refractivity contribution is 0.467. The predicted molar refractivity (Wildman–Crippen MR) is 141 cm³/mol. The minimum atomic E-state index is -2.32. The average Bonchev–Trinajstić information content (AvgIpc) is 2.89. The van der Waals surface area contributed by atoms with Crippen molar-refractivity contribution < 1.29 is 9.47 Å². The molecule has 0 radical (unpaired) electrons. The molecule has 0 amide bonds. The van der Waals surface area contributed by atoms with E-state index in [2.05, 4.69) is 53.5 Å². The summed E-state index contributed by atoms with van der Waals surface area (Å²) < 4.78 is 13.0. The van der Waals surface area contributed by atoms with Crippen LogP contribution in [0.2, 0.25) is 0 Å². The second kappa shape index (κ2) is 7.39. The molecule has 0 aliphatic carbocycles. The smallest absolute Gasteiger partial charge is 0.140 e. The van der Waals surface area contributed by atoms with Gasteiger partial charge in [0.15, 0.2) is 0 Å². The summed E-state index contributed by atoms with van der Waals surface area (Å²) in [5, 5.41) is 3.17. The number of ether oxygens (including phenoxy) is 2. The second-order valence-corrected chi connectivity index (χ2v) is 12.6. The maximum absolute atomic E-state index is 6.56. The van der Waals surface area contributed by atoms with Crippen LogP contribution in [0.25, 0.3) is 22.3 Å². The zero-order valence-corrected chi connectivity index (χ0v) is 19.7. The van der Waals surface area contributed by atoms with Gasteiger partial charge < -0.3 is 9.47 Å². The highest BCUT2D eigenvalue weighted by Crippen LogP contribution is 2.59. The van der Waals surface area contributed by atoms with Crippen molar-refractivity contribution in [3.8, 4) is 45.3 Å². The molecule has 3 heterocycles. The summed E-state index contributed by atoms with van der Waals surface area (Å²) in [6, 6.07) is 30.7. The summed E-state index contributed by atoms with van der Waals surface area (Å²) >= 11 is 6.56. The second-order valence-electron chi connectivity index (χ2n) is 8.35. The zero-order chi connectivity index (χ0) is 22.7. The highest BCUT2D eigenvalue weighted by atomic mass is 32.4. The van der Waals surface area contributed by atoms with Gasteiger partial charge in [-0.1, -0.05) is 60.3 Å². The van der Waals surface area contributed by atoms with Crippen molar-refractivity contribution in [2.24, 2.45) is 0 Å². The molecule has 2 aliphatic rings. The van der Waals surface area contributed by atoms with Gasteiger partial charge in [0, 0.05) is 23.0 Å². The van der Waals surface area contributed by atoms with E-state index in [0.717, 1.165) is 61.2 Å². The molecule has 0 fully saturated rings. The maximum atomic E-state index is 6.56. The fourth-order valence-electron chi connectivity index (χ4n) is 4.94.